The summed E-state index contributed by atoms with van der Waals surface area (Å²) in [7, 11) is 1.56. The number of halogens is 1. The SMILES string of the molecule is CNC(=O)[C@@H]1C[C@H]2CN(C(=O)Cc3ccc(F)cc3)C[C@H]2N1C(C)=O. The summed E-state index contributed by atoms with van der Waals surface area (Å²) in [4.78, 5) is 39.9. The van der Waals surface area contributed by atoms with Crippen LogP contribution in [0.2, 0.25) is 0 Å². The lowest BCUT2D eigenvalue weighted by Crippen LogP contribution is -2.49. The van der Waals surface area contributed by atoms with Crippen molar-refractivity contribution in [2.24, 2.45) is 5.92 Å². The number of nitrogens with zero attached hydrogens (tertiary/aromatic N) is 2. The number of rotatable bonds is 3. The van der Waals surface area contributed by atoms with E-state index in [1.54, 1.807) is 29.0 Å². The van der Waals surface area contributed by atoms with Crippen molar-refractivity contribution in [3.05, 3.63) is 35.6 Å². The quantitative estimate of drug-likeness (QED) is 0.869. The zero-order valence-corrected chi connectivity index (χ0v) is 14.4. The lowest BCUT2D eigenvalue weighted by Gasteiger charge is -2.28. The van der Waals surface area contributed by atoms with Gasteiger partial charge in [0.1, 0.15) is 11.9 Å². The van der Waals surface area contributed by atoms with E-state index < -0.39 is 6.04 Å². The summed E-state index contributed by atoms with van der Waals surface area (Å²) in [5, 5.41) is 2.61. The number of fused-ring (bicyclic) bond motifs is 1. The molecule has 2 saturated heterocycles. The Kier molecular flexibility index (Phi) is 4.74. The van der Waals surface area contributed by atoms with Gasteiger partial charge in [0, 0.05) is 33.0 Å². The summed E-state index contributed by atoms with van der Waals surface area (Å²) in [6.07, 6.45) is 0.781. The van der Waals surface area contributed by atoms with Crippen molar-refractivity contribution in [1.29, 1.82) is 0 Å². The smallest absolute Gasteiger partial charge is 0.242 e. The van der Waals surface area contributed by atoms with Crippen molar-refractivity contribution in [2.75, 3.05) is 20.1 Å². The van der Waals surface area contributed by atoms with Gasteiger partial charge in [0.05, 0.1) is 12.5 Å². The van der Waals surface area contributed by atoms with Gasteiger partial charge in [-0.1, -0.05) is 12.1 Å². The zero-order chi connectivity index (χ0) is 18.1. The molecule has 0 saturated carbocycles. The molecule has 134 valence electrons. The molecule has 6 nitrogen and oxygen atoms in total. The highest BCUT2D eigenvalue weighted by Crippen LogP contribution is 2.36. The molecule has 1 aromatic rings. The molecular formula is C18H22FN3O3. The van der Waals surface area contributed by atoms with E-state index >= 15 is 0 Å². The fraction of sp³-hybridized carbons (Fsp3) is 0.500. The first-order valence-electron chi connectivity index (χ1n) is 8.43. The Hall–Kier alpha value is -2.44. The number of hydrogen-bond donors (Lipinski definition) is 1. The number of benzene rings is 1. The molecule has 0 unspecified atom stereocenters. The number of likely N-dealkylation sites (tertiary alicyclic amines) is 2. The number of nitrogens with one attached hydrogen (secondary N) is 1. The van der Waals surface area contributed by atoms with Gasteiger partial charge in [-0.25, -0.2) is 4.39 Å². The second kappa shape index (κ2) is 6.82. The molecule has 3 rings (SSSR count). The Morgan fingerprint density at radius 3 is 2.48 bits per heavy atom. The first-order chi connectivity index (χ1) is 11.9. The van der Waals surface area contributed by atoms with Crippen LogP contribution in [0.25, 0.3) is 0 Å². The summed E-state index contributed by atoms with van der Waals surface area (Å²) in [6.45, 7) is 2.45. The molecule has 2 aliphatic rings. The second-order valence-electron chi connectivity index (χ2n) is 6.72. The average molecular weight is 347 g/mol. The molecule has 2 aliphatic heterocycles. The van der Waals surface area contributed by atoms with Crippen LogP contribution in [0.1, 0.15) is 18.9 Å². The third-order valence-corrected chi connectivity index (χ3v) is 5.16. The third kappa shape index (κ3) is 3.36. The van der Waals surface area contributed by atoms with E-state index in [1.807, 2.05) is 0 Å². The zero-order valence-electron chi connectivity index (χ0n) is 14.4. The molecule has 2 fully saturated rings. The molecule has 0 aliphatic carbocycles. The van der Waals surface area contributed by atoms with E-state index in [-0.39, 0.29) is 41.9 Å². The summed E-state index contributed by atoms with van der Waals surface area (Å²) in [5.74, 6) is -0.559. The average Bonchev–Trinajstić information content (AvgIpc) is 3.13. The van der Waals surface area contributed by atoms with Crippen LogP contribution in [-0.4, -0.2) is 59.7 Å². The van der Waals surface area contributed by atoms with E-state index in [9.17, 15) is 18.8 Å². The molecule has 0 spiro atoms. The maximum atomic E-state index is 13.0. The predicted octanol–water partition coefficient (Wildman–Crippen LogP) is 0.562. The highest BCUT2D eigenvalue weighted by Gasteiger charge is 2.50. The number of likely N-dealkylation sites (N-methyl/N-ethyl adjacent to an activating group) is 1. The molecule has 1 N–H and O–H groups in total. The minimum Gasteiger partial charge on any atom is -0.357 e. The minimum absolute atomic E-state index is 0.0407. The molecule has 3 amide bonds. The van der Waals surface area contributed by atoms with Gasteiger partial charge >= 0.3 is 0 Å². The maximum Gasteiger partial charge on any atom is 0.242 e. The molecular weight excluding hydrogens is 325 g/mol. The van der Waals surface area contributed by atoms with E-state index in [0.717, 1.165) is 5.56 Å². The van der Waals surface area contributed by atoms with Crippen molar-refractivity contribution in [3.8, 4) is 0 Å². The summed E-state index contributed by atoms with van der Waals surface area (Å²) >= 11 is 0. The molecule has 2 heterocycles. The fourth-order valence-corrected chi connectivity index (χ4v) is 3.98. The van der Waals surface area contributed by atoms with Crippen LogP contribution in [0, 0.1) is 11.7 Å². The van der Waals surface area contributed by atoms with Gasteiger partial charge in [0.15, 0.2) is 0 Å². The van der Waals surface area contributed by atoms with Crippen molar-refractivity contribution in [1.82, 2.24) is 15.1 Å². The second-order valence-corrected chi connectivity index (χ2v) is 6.72. The van der Waals surface area contributed by atoms with Gasteiger partial charge in [0.2, 0.25) is 17.7 Å². The van der Waals surface area contributed by atoms with Gasteiger partial charge in [-0.15, -0.1) is 0 Å². The Balaban J connectivity index is 1.67. The summed E-state index contributed by atoms with van der Waals surface area (Å²) < 4.78 is 13.0. The standard InChI is InChI=1S/C18H22FN3O3/c1-11(23)22-15(18(25)20-2)8-13-9-21(10-16(13)22)17(24)7-12-3-5-14(19)6-4-12/h3-6,13,15-16H,7-10H2,1-2H3,(H,20,25)/t13-,15-,16+/m0/s1. The Bertz CT molecular complexity index is 691. The van der Waals surface area contributed by atoms with E-state index in [2.05, 4.69) is 5.32 Å². The van der Waals surface area contributed by atoms with Crippen molar-refractivity contribution < 1.29 is 18.8 Å². The highest BCUT2D eigenvalue weighted by atomic mass is 19.1. The number of hydrogen-bond acceptors (Lipinski definition) is 3. The largest absolute Gasteiger partial charge is 0.357 e. The first kappa shape index (κ1) is 17.4. The molecule has 0 radical (unpaired) electrons. The van der Waals surface area contributed by atoms with Crippen LogP contribution in [0.3, 0.4) is 0 Å². The summed E-state index contributed by atoms with van der Waals surface area (Å²) in [5.41, 5.74) is 0.759. The van der Waals surface area contributed by atoms with Crippen LogP contribution >= 0.6 is 0 Å². The van der Waals surface area contributed by atoms with Crippen molar-refractivity contribution >= 4 is 17.7 Å². The number of carbonyl (C=O) groups excluding carboxylic acids is 3. The van der Waals surface area contributed by atoms with Crippen LogP contribution in [0.5, 0.6) is 0 Å². The van der Waals surface area contributed by atoms with Gasteiger partial charge < -0.3 is 15.1 Å². The van der Waals surface area contributed by atoms with E-state index in [0.29, 0.717) is 19.5 Å². The monoisotopic (exact) mass is 347 g/mol. The van der Waals surface area contributed by atoms with Gasteiger partial charge in [-0.05, 0) is 24.1 Å². The van der Waals surface area contributed by atoms with Crippen molar-refractivity contribution in [3.63, 3.8) is 0 Å². The van der Waals surface area contributed by atoms with Crippen LogP contribution in [0.4, 0.5) is 4.39 Å². The lowest BCUT2D eigenvalue weighted by atomic mass is 10.0. The third-order valence-electron chi connectivity index (χ3n) is 5.16. The van der Waals surface area contributed by atoms with Crippen LogP contribution < -0.4 is 5.32 Å². The highest BCUT2D eigenvalue weighted by molar-refractivity contribution is 5.88. The van der Waals surface area contributed by atoms with Crippen LogP contribution in [0.15, 0.2) is 24.3 Å². The summed E-state index contributed by atoms with van der Waals surface area (Å²) in [6, 6.07) is 5.32. The van der Waals surface area contributed by atoms with Crippen LogP contribution in [-0.2, 0) is 20.8 Å². The topological polar surface area (TPSA) is 69.7 Å². The van der Waals surface area contributed by atoms with Gasteiger partial charge in [-0.3, -0.25) is 14.4 Å². The number of amides is 3. The molecule has 7 heteroatoms. The Morgan fingerprint density at radius 1 is 1.20 bits per heavy atom. The normalized spacial score (nSPS) is 25.0. The molecule has 1 aromatic carbocycles. The number of carbonyl (C=O) groups is 3. The predicted molar refractivity (Wildman–Crippen MR) is 89.0 cm³/mol. The Labute approximate surface area is 146 Å². The maximum absolute atomic E-state index is 13.0. The fourth-order valence-electron chi connectivity index (χ4n) is 3.98. The lowest BCUT2D eigenvalue weighted by molar-refractivity contribution is -0.139. The van der Waals surface area contributed by atoms with E-state index in [4.69, 9.17) is 0 Å². The van der Waals surface area contributed by atoms with Gasteiger partial charge in [0.25, 0.3) is 0 Å². The first-order valence-corrected chi connectivity index (χ1v) is 8.43. The molecule has 25 heavy (non-hydrogen) atoms. The van der Waals surface area contributed by atoms with Crippen molar-refractivity contribution in [2.45, 2.75) is 31.8 Å². The van der Waals surface area contributed by atoms with Gasteiger partial charge in [-0.2, -0.15) is 0 Å². The molecule has 3 atom stereocenters. The molecule has 0 aromatic heterocycles. The molecule has 0 bridgehead atoms. The Morgan fingerprint density at radius 2 is 1.88 bits per heavy atom. The van der Waals surface area contributed by atoms with E-state index in [1.165, 1.54) is 19.1 Å². The minimum atomic E-state index is -0.452.